The molecule has 1 aromatic carbocycles. The molecule has 1 saturated heterocycles. The van der Waals surface area contributed by atoms with Crippen LogP contribution in [0.15, 0.2) is 30.6 Å². The Labute approximate surface area is 195 Å². The Bertz CT molecular complexity index is 1200. The topological polar surface area (TPSA) is 80.2 Å². The summed E-state index contributed by atoms with van der Waals surface area (Å²) in [6, 6.07) is 5.20. The Hall–Kier alpha value is -3.43. The number of nitrogens with zero attached hydrogens (tertiary/aromatic N) is 4. The number of halogens is 3. The minimum absolute atomic E-state index is 0.0551. The van der Waals surface area contributed by atoms with Gasteiger partial charge in [-0.05, 0) is 25.8 Å². The van der Waals surface area contributed by atoms with Gasteiger partial charge in [0.05, 0.1) is 24.1 Å². The maximum Gasteiger partial charge on any atom is 0.266 e. The molecule has 1 fully saturated rings. The molecule has 0 saturated carbocycles. The monoisotopic (exact) mass is 473 g/mol. The van der Waals surface area contributed by atoms with Gasteiger partial charge in [-0.1, -0.05) is 18.2 Å². The van der Waals surface area contributed by atoms with Gasteiger partial charge in [-0.3, -0.25) is 4.79 Å². The lowest BCUT2D eigenvalue weighted by Crippen LogP contribution is -2.36. The molecule has 10 heteroatoms. The second kappa shape index (κ2) is 9.82. The third kappa shape index (κ3) is 4.62. The van der Waals surface area contributed by atoms with E-state index in [1.165, 1.54) is 25.6 Å². The zero-order valence-corrected chi connectivity index (χ0v) is 19.2. The highest BCUT2D eigenvalue weighted by molar-refractivity contribution is 5.92. The third-order valence-electron chi connectivity index (χ3n) is 6.27. The summed E-state index contributed by atoms with van der Waals surface area (Å²) >= 11 is 0. The number of piperidine rings is 1. The molecule has 2 aromatic heterocycles. The first-order valence-corrected chi connectivity index (χ1v) is 11.1. The summed E-state index contributed by atoms with van der Waals surface area (Å²) in [5.74, 6) is 0.0000423. The molecule has 3 heterocycles. The molecular weight excluding hydrogens is 447 g/mol. The molecule has 0 spiro atoms. The maximum atomic E-state index is 14.7. The predicted molar refractivity (Wildman–Crippen MR) is 122 cm³/mol. The Morgan fingerprint density at radius 3 is 2.56 bits per heavy atom. The Morgan fingerprint density at radius 1 is 1.21 bits per heavy atom. The number of carbonyl (C=O) groups is 1. The van der Waals surface area contributed by atoms with Gasteiger partial charge in [0.1, 0.15) is 23.5 Å². The van der Waals surface area contributed by atoms with E-state index in [1.54, 1.807) is 13.8 Å². The van der Waals surface area contributed by atoms with Crippen molar-refractivity contribution in [1.29, 1.82) is 0 Å². The van der Waals surface area contributed by atoms with Gasteiger partial charge in [-0.15, -0.1) is 0 Å². The molecule has 0 bridgehead atoms. The summed E-state index contributed by atoms with van der Waals surface area (Å²) in [6.45, 7) is 4.54. The van der Waals surface area contributed by atoms with Crippen molar-refractivity contribution in [3.8, 4) is 5.88 Å². The number of hydrogen-bond acceptors (Lipinski definition) is 6. The van der Waals surface area contributed by atoms with Crippen molar-refractivity contribution in [2.24, 2.45) is 0 Å². The number of ether oxygens (including phenoxy) is 1. The maximum absolute atomic E-state index is 14.7. The fourth-order valence-corrected chi connectivity index (χ4v) is 4.36. The van der Waals surface area contributed by atoms with Crippen LogP contribution in [0.5, 0.6) is 5.88 Å². The molecule has 1 atom stereocenters. The standard InChI is InChI=1S/C24H26F3N5O2/c1-13(16-5-4-6-17(20(16)25)22(26)27)30-23-18-11-19(15-7-9-32(10-8-15)14(2)33)31-24(34-3)21(18)28-12-29-23/h4-6,11-13,15,22H,7-10H2,1-3H3,(H,28,29,30)/t13-/m1/s1. The van der Waals surface area contributed by atoms with E-state index in [4.69, 9.17) is 4.74 Å². The normalized spacial score (nSPS) is 15.6. The number of benzene rings is 1. The molecule has 4 rings (SSSR count). The highest BCUT2D eigenvalue weighted by Gasteiger charge is 2.25. The van der Waals surface area contributed by atoms with E-state index in [0.29, 0.717) is 35.7 Å². The summed E-state index contributed by atoms with van der Waals surface area (Å²) in [5, 5.41) is 3.77. The first-order valence-electron chi connectivity index (χ1n) is 11.1. The Kier molecular flexibility index (Phi) is 6.85. The predicted octanol–water partition coefficient (Wildman–Crippen LogP) is 5.01. The molecule has 3 aromatic rings. The molecule has 1 amide bonds. The summed E-state index contributed by atoms with van der Waals surface area (Å²) < 4.78 is 46.5. The minimum Gasteiger partial charge on any atom is -0.479 e. The zero-order valence-electron chi connectivity index (χ0n) is 19.2. The molecule has 7 nitrogen and oxygen atoms in total. The van der Waals surface area contributed by atoms with Gasteiger partial charge in [0.25, 0.3) is 6.43 Å². The molecule has 0 unspecified atom stereocenters. The van der Waals surface area contributed by atoms with Gasteiger partial charge >= 0.3 is 0 Å². The number of likely N-dealkylation sites (tertiary alicyclic amines) is 1. The molecule has 34 heavy (non-hydrogen) atoms. The third-order valence-corrected chi connectivity index (χ3v) is 6.27. The molecule has 1 N–H and O–H groups in total. The number of carbonyl (C=O) groups excluding carboxylic acids is 1. The van der Waals surface area contributed by atoms with Crippen LogP contribution >= 0.6 is 0 Å². The van der Waals surface area contributed by atoms with E-state index >= 15 is 0 Å². The Morgan fingerprint density at radius 2 is 1.91 bits per heavy atom. The lowest BCUT2D eigenvalue weighted by atomic mass is 9.92. The lowest BCUT2D eigenvalue weighted by molar-refractivity contribution is -0.129. The SMILES string of the molecule is COc1nc(C2CCN(C(C)=O)CC2)cc2c(N[C@H](C)c3cccc(C(F)F)c3F)ncnc12. The second-order valence-electron chi connectivity index (χ2n) is 8.37. The van der Waals surface area contributed by atoms with Crippen molar-refractivity contribution in [2.45, 2.75) is 45.1 Å². The van der Waals surface area contributed by atoms with Crippen molar-refractivity contribution in [3.63, 3.8) is 0 Å². The highest BCUT2D eigenvalue weighted by Crippen LogP contribution is 2.35. The van der Waals surface area contributed by atoms with Crippen LogP contribution in [0.25, 0.3) is 10.9 Å². The second-order valence-corrected chi connectivity index (χ2v) is 8.37. The van der Waals surface area contributed by atoms with Crippen LogP contribution in [0.1, 0.15) is 61.9 Å². The number of hydrogen-bond donors (Lipinski definition) is 1. The van der Waals surface area contributed by atoms with Crippen LogP contribution in [0, 0.1) is 5.82 Å². The number of fused-ring (bicyclic) bond motifs is 1. The van der Waals surface area contributed by atoms with E-state index in [1.807, 2.05) is 11.0 Å². The number of aromatic nitrogens is 3. The van der Waals surface area contributed by atoms with Crippen LogP contribution in [0.3, 0.4) is 0 Å². The van der Waals surface area contributed by atoms with Crippen LogP contribution < -0.4 is 10.1 Å². The molecule has 180 valence electrons. The number of pyridine rings is 1. The van der Waals surface area contributed by atoms with E-state index < -0.39 is 23.8 Å². The minimum atomic E-state index is -2.90. The quantitative estimate of drug-likeness (QED) is 0.542. The van der Waals surface area contributed by atoms with Crippen molar-refractivity contribution in [3.05, 3.63) is 53.2 Å². The van der Waals surface area contributed by atoms with E-state index in [0.717, 1.165) is 24.6 Å². The first-order chi connectivity index (χ1) is 16.3. The van der Waals surface area contributed by atoms with Gasteiger partial charge in [0.15, 0.2) is 0 Å². The van der Waals surface area contributed by atoms with E-state index in [9.17, 15) is 18.0 Å². The Balaban J connectivity index is 1.68. The molecule has 1 aliphatic heterocycles. The molecule has 0 aliphatic carbocycles. The number of amides is 1. The number of methoxy groups -OCH3 is 1. The fraction of sp³-hybridized carbons (Fsp3) is 0.417. The molecule has 1 aliphatic rings. The highest BCUT2D eigenvalue weighted by atomic mass is 19.3. The fourth-order valence-electron chi connectivity index (χ4n) is 4.36. The van der Waals surface area contributed by atoms with Gasteiger partial charge in [0.2, 0.25) is 11.8 Å². The van der Waals surface area contributed by atoms with E-state index in [-0.39, 0.29) is 17.4 Å². The van der Waals surface area contributed by atoms with Crippen LogP contribution in [0.2, 0.25) is 0 Å². The van der Waals surface area contributed by atoms with Crippen LogP contribution in [0.4, 0.5) is 19.0 Å². The van der Waals surface area contributed by atoms with Crippen molar-refractivity contribution in [2.75, 3.05) is 25.5 Å². The van der Waals surface area contributed by atoms with Crippen molar-refractivity contribution >= 4 is 22.6 Å². The van der Waals surface area contributed by atoms with Crippen molar-refractivity contribution in [1.82, 2.24) is 19.9 Å². The number of alkyl halides is 2. The largest absolute Gasteiger partial charge is 0.479 e. The first kappa shape index (κ1) is 23.7. The lowest BCUT2D eigenvalue weighted by Gasteiger charge is -2.31. The summed E-state index contributed by atoms with van der Waals surface area (Å²) in [5.41, 5.74) is 0.758. The average Bonchev–Trinajstić information content (AvgIpc) is 2.83. The number of anilines is 1. The molecular formula is C24H26F3N5O2. The molecule has 0 radical (unpaired) electrons. The van der Waals surface area contributed by atoms with Crippen LogP contribution in [-0.4, -0.2) is 46.0 Å². The van der Waals surface area contributed by atoms with Crippen molar-refractivity contribution < 1.29 is 22.7 Å². The van der Waals surface area contributed by atoms with E-state index in [2.05, 4.69) is 20.3 Å². The van der Waals surface area contributed by atoms with Crippen LogP contribution in [-0.2, 0) is 4.79 Å². The number of rotatable bonds is 6. The smallest absolute Gasteiger partial charge is 0.266 e. The van der Waals surface area contributed by atoms with Gasteiger partial charge in [-0.2, -0.15) is 0 Å². The average molecular weight is 473 g/mol. The number of nitrogens with one attached hydrogen (secondary N) is 1. The van der Waals surface area contributed by atoms with Gasteiger partial charge in [0, 0.05) is 37.2 Å². The summed E-state index contributed by atoms with van der Waals surface area (Å²) in [6.07, 6.45) is -0.0304. The van der Waals surface area contributed by atoms with Gasteiger partial charge < -0.3 is 15.0 Å². The van der Waals surface area contributed by atoms with Gasteiger partial charge in [-0.25, -0.2) is 28.1 Å². The summed E-state index contributed by atoms with van der Waals surface area (Å²) in [7, 11) is 1.51. The summed E-state index contributed by atoms with van der Waals surface area (Å²) in [4.78, 5) is 26.8. The zero-order chi connectivity index (χ0) is 24.4.